The Morgan fingerprint density at radius 2 is 1.76 bits per heavy atom. The number of aliphatic hydroxyl groups excluding tert-OH is 1. The van der Waals surface area contributed by atoms with Crippen LogP contribution in [-0.2, 0) is 19.8 Å². The van der Waals surface area contributed by atoms with Crippen LogP contribution in [0.4, 0.5) is 0 Å². The van der Waals surface area contributed by atoms with Gasteiger partial charge in [-0.2, -0.15) is 0 Å². The van der Waals surface area contributed by atoms with E-state index in [4.69, 9.17) is 4.74 Å². The smallest absolute Gasteiger partial charge is 0.241 e. The zero-order chi connectivity index (χ0) is 24.3. The van der Waals surface area contributed by atoms with Crippen LogP contribution in [0.25, 0.3) is 0 Å². The van der Waals surface area contributed by atoms with Crippen LogP contribution >= 0.6 is 0 Å². The van der Waals surface area contributed by atoms with Crippen LogP contribution in [0.15, 0.2) is 54.6 Å². The van der Waals surface area contributed by atoms with Crippen LogP contribution in [0.5, 0.6) is 5.75 Å². The molecular formula is C27H32N2O5. The Labute approximate surface area is 200 Å². The lowest BCUT2D eigenvalue weighted by molar-refractivity contribution is -0.144. The molecule has 0 bridgehead atoms. The van der Waals surface area contributed by atoms with E-state index in [0.29, 0.717) is 16.9 Å². The van der Waals surface area contributed by atoms with Gasteiger partial charge in [-0.25, -0.2) is 0 Å². The molecule has 2 unspecified atom stereocenters. The third-order valence-electron chi connectivity index (χ3n) is 7.19. The summed E-state index contributed by atoms with van der Waals surface area (Å²) >= 11 is 0. The quantitative estimate of drug-likeness (QED) is 0.606. The van der Waals surface area contributed by atoms with E-state index >= 15 is 0 Å². The summed E-state index contributed by atoms with van der Waals surface area (Å²) in [7, 11) is 3.18. The van der Waals surface area contributed by atoms with Crippen molar-refractivity contribution in [2.24, 2.45) is 0 Å². The van der Waals surface area contributed by atoms with Gasteiger partial charge in [0.2, 0.25) is 17.7 Å². The summed E-state index contributed by atoms with van der Waals surface area (Å²) in [6, 6.07) is 16.1. The summed E-state index contributed by atoms with van der Waals surface area (Å²) in [6.45, 7) is 0.0933. The number of rotatable bonds is 8. The summed E-state index contributed by atoms with van der Waals surface area (Å²) in [6.07, 6.45) is 2.61. The highest BCUT2D eigenvalue weighted by Gasteiger charge is 2.55. The number of methoxy groups -OCH3 is 1. The standard InChI is InChI=1S/C27H32N2O5/c1-28(18-23(30)19-8-4-3-5-9-19)24(31)16-27(20-12-14-22(34-2)15-13-20)17-25(32)29(26(27)33)21-10-6-7-11-21/h3-5,8-9,12-15,21,23,30H,6-7,10-11,16-18H2,1-2H3. The average Bonchev–Trinajstić information content (AvgIpc) is 3.46. The van der Waals surface area contributed by atoms with Crippen LogP contribution in [0.2, 0.25) is 0 Å². The Morgan fingerprint density at radius 3 is 2.38 bits per heavy atom. The second kappa shape index (κ2) is 9.97. The molecule has 2 aromatic rings. The highest BCUT2D eigenvalue weighted by molar-refractivity contribution is 6.11. The van der Waals surface area contributed by atoms with Crippen LogP contribution in [0, 0.1) is 0 Å². The summed E-state index contributed by atoms with van der Waals surface area (Å²) in [5.41, 5.74) is 0.0960. The number of carbonyl (C=O) groups excluding carboxylic acids is 3. The highest BCUT2D eigenvalue weighted by Crippen LogP contribution is 2.43. The second-order valence-corrected chi connectivity index (χ2v) is 9.37. The normalized spacial score (nSPS) is 21.7. The van der Waals surface area contributed by atoms with E-state index in [1.54, 1.807) is 50.6 Å². The topological polar surface area (TPSA) is 87.2 Å². The van der Waals surface area contributed by atoms with E-state index < -0.39 is 11.5 Å². The van der Waals surface area contributed by atoms with E-state index in [-0.39, 0.29) is 43.1 Å². The van der Waals surface area contributed by atoms with Gasteiger partial charge >= 0.3 is 0 Å². The van der Waals surface area contributed by atoms with Crippen molar-refractivity contribution in [2.75, 3.05) is 20.7 Å². The fourth-order valence-electron chi connectivity index (χ4n) is 5.21. The van der Waals surface area contributed by atoms with E-state index in [2.05, 4.69) is 0 Å². The van der Waals surface area contributed by atoms with Gasteiger partial charge in [0.25, 0.3) is 0 Å². The monoisotopic (exact) mass is 464 g/mol. The van der Waals surface area contributed by atoms with Crippen LogP contribution in [-0.4, -0.2) is 59.4 Å². The van der Waals surface area contributed by atoms with E-state index in [9.17, 15) is 19.5 Å². The summed E-state index contributed by atoms with van der Waals surface area (Å²) in [5, 5.41) is 10.6. The molecule has 0 radical (unpaired) electrons. The maximum Gasteiger partial charge on any atom is 0.241 e. The molecule has 1 N–H and O–H groups in total. The number of likely N-dealkylation sites (tertiary alicyclic amines) is 1. The number of aliphatic hydroxyl groups is 1. The van der Waals surface area contributed by atoms with Gasteiger partial charge in [0.1, 0.15) is 5.75 Å². The lowest BCUT2D eigenvalue weighted by Crippen LogP contribution is -2.45. The molecule has 4 rings (SSSR count). The van der Waals surface area contributed by atoms with E-state index in [1.807, 2.05) is 18.2 Å². The molecule has 180 valence electrons. The predicted molar refractivity (Wildman–Crippen MR) is 127 cm³/mol. The number of hydrogen-bond acceptors (Lipinski definition) is 5. The summed E-state index contributed by atoms with van der Waals surface area (Å²) in [5.74, 6) is -0.162. The Balaban J connectivity index is 1.60. The number of amides is 3. The van der Waals surface area contributed by atoms with Crippen molar-refractivity contribution in [1.82, 2.24) is 9.80 Å². The highest BCUT2D eigenvalue weighted by atomic mass is 16.5. The first-order valence-electron chi connectivity index (χ1n) is 11.8. The van der Waals surface area contributed by atoms with Gasteiger partial charge < -0.3 is 14.7 Å². The van der Waals surface area contributed by atoms with Crippen molar-refractivity contribution in [3.8, 4) is 5.75 Å². The molecule has 2 fully saturated rings. The molecule has 1 aliphatic carbocycles. The molecule has 7 heteroatoms. The van der Waals surface area contributed by atoms with Gasteiger partial charge in [-0.15, -0.1) is 0 Å². The minimum absolute atomic E-state index is 0.0323. The first-order chi connectivity index (χ1) is 16.4. The number of ether oxygens (including phenoxy) is 1. The molecule has 1 saturated heterocycles. The van der Waals surface area contributed by atoms with Crippen molar-refractivity contribution in [3.63, 3.8) is 0 Å². The molecule has 7 nitrogen and oxygen atoms in total. The fraction of sp³-hybridized carbons (Fsp3) is 0.444. The molecule has 2 aromatic carbocycles. The molecular weight excluding hydrogens is 432 g/mol. The van der Waals surface area contributed by atoms with Crippen LogP contribution < -0.4 is 4.74 Å². The van der Waals surface area contributed by atoms with Gasteiger partial charge in [-0.1, -0.05) is 55.3 Å². The average molecular weight is 465 g/mol. The number of nitrogens with zero attached hydrogens (tertiary/aromatic N) is 2. The van der Waals surface area contributed by atoms with Gasteiger partial charge in [0.05, 0.1) is 25.2 Å². The summed E-state index contributed by atoms with van der Waals surface area (Å²) < 4.78 is 5.25. The molecule has 1 heterocycles. The molecule has 2 aliphatic rings. The first-order valence-corrected chi connectivity index (χ1v) is 11.8. The molecule has 0 spiro atoms. The van der Waals surface area contributed by atoms with Crippen molar-refractivity contribution in [3.05, 3.63) is 65.7 Å². The van der Waals surface area contributed by atoms with Gasteiger partial charge in [-0.05, 0) is 36.1 Å². The lowest BCUT2D eigenvalue weighted by atomic mass is 9.75. The van der Waals surface area contributed by atoms with Crippen molar-refractivity contribution >= 4 is 17.7 Å². The van der Waals surface area contributed by atoms with Gasteiger partial charge in [0, 0.05) is 25.9 Å². The van der Waals surface area contributed by atoms with Crippen molar-refractivity contribution in [1.29, 1.82) is 0 Å². The zero-order valence-electron chi connectivity index (χ0n) is 19.8. The minimum atomic E-state index is -1.25. The number of benzene rings is 2. The van der Waals surface area contributed by atoms with Gasteiger partial charge in [0.15, 0.2) is 0 Å². The van der Waals surface area contributed by atoms with E-state index in [1.165, 1.54) is 9.80 Å². The summed E-state index contributed by atoms with van der Waals surface area (Å²) in [4.78, 5) is 43.2. The predicted octanol–water partition coefficient (Wildman–Crippen LogP) is 3.22. The molecule has 1 saturated carbocycles. The van der Waals surface area contributed by atoms with Crippen LogP contribution in [0.1, 0.15) is 55.8 Å². The minimum Gasteiger partial charge on any atom is -0.497 e. The third-order valence-corrected chi connectivity index (χ3v) is 7.19. The zero-order valence-corrected chi connectivity index (χ0v) is 19.8. The molecule has 2 atom stereocenters. The maximum atomic E-state index is 13.8. The fourth-order valence-corrected chi connectivity index (χ4v) is 5.21. The largest absolute Gasteiger partial charge is 0.497 e. The first kappa shape index (κ1) is 24.0. The number of imide groups is 1. The number of carbonyl (C=O) groups is 3. The third kappa shape index (κ3) is 4.57. The Bertz CT molecular complexity index is 1030. The molecule has 3 amide bonds. The van der Waals surface area contributed by atoms with Crippen molar-refractivity contribution < 1.29 is 24.2 Å². The number of likely N-dealkylation sites (N-methyl/N-ethyl adjacent to an activating group) is 1. The Hall–Kier alpha value is -3.19. The Morgan fingerprint density at radius 1 is 1.12 bits per heavy atom. The lowest BCUT2D eigenvalue weighted by Gasteiger charge is -2.31. The van der Waals surface area contributed by atoms with E-state index in [0.717, 1.165) is 25.7 Å². The Kier molecular flexibility index (Phi) is 7.03. The molecule has 34 heavy (non-hydrogen) atoms. The van der Waals surface area contributed by atoms with Crippen molar-refractivity contribution in [2.45, 2.75) is 56.1 Å². The SMILES string of the molecule is COc1ccc(C2(CC(=O)N(C)CC(O)c3ccccc3)CC(=O)N(C3CCCC3)C2=O)cc1. The maximum absolute atomic E-state index is 13.8. The van der Waals surface area contributed by atoms with Crippen LogP contribution in [0.3, 0.4) is 0 Å². The second-order valence-electron chi connectivity index (χ2n) is 9.37. The molecule has 0 aromatic heterocycles. The number of hydrogen-bond donors (Lipinski definition) is 1. The molecule has 1 aliphatic heterocycles. The van der Waals surface area contributed by atoms with Gasteiger partial charge in [-0.3, -0.25) is 19.3 Å².